The lowest BCUT2D eigenvalue weighted by Gasteiger charge is -2.24. The minimum absolute atomic E-state index is 0.501. The third-order valence-corrected chi connectivity index (χ3v) is 4.81. The van der Waals surface area contributed by atoms with E-state index in [2.05, 4.69) is 12.1 Å². The number of carboxylic acid groups (broad SMARTS) is 1. The van der Waals surface area contributed by atoms with E-state index in [-0.39, 0.29) is 0 Å². The number of hydrogen-bond acceptors (Lipinski definition) is 2. The van der Waals surface area contributed by atoms with Crippen LogP contribution in [0.25, 0.3) is 0 Å². The molecule has 3 heteroatoms. The molecule has 0 aromatic heterocycles. The van der Waals surface area contributed by atoms with Crippen LogP contribution in [0.3, 0.4) is 0 Å². The zero-order chi connectivity index (χ0) is 16.5. The van der Waals surface area contributed by atoms with Crippen molar-refractivity contribution in [1.29, 1.82) is 0 Å². The summed E-state index contributed by atoms with van der Waals surface area (Å²) in [6, 6.07) is 10.9. The average Bonchev–Trinajstić information content (AvgIpc) is 2.57. The first-order chi connectivity index (χ1) is 11.1. The number of allylic oxidation sites excluding steroid dienone is 1. The molecule has 3 rings (SSSR count). The fraction of sp³-hybridized carbons (Fsp3) is 0.550. The molecule has 0 bridgehead atoms. The highest BCUT2D eigenvalue weighted by molar-refractivity contribution is 5.80. The van der Waals surface area contributed by atoms with Gasteiger partial charge in [-0.2, -0.15) is 0 Å². The van der Waals surface area contributed by atoms with Crippen molar-refractivity contribution in [2.75, 3.05) is 0 Å². The summed E-state index contributed by atoms with van der Waals surface area (Å²) in [7, 11) is 0. The van der Waals surface area contributed by atoms with Gasteiger partial charge >= 0.3 is 5.97 Å². The van der Waals surface area contributed by atoms with Crippen LogP contribution >= 0.6 is 0 Å². The molecule has 23 heavy (non-hydrogen) atoms. The maximum Gasteiger partial charge on any atom is 0.328 e. The topological polar surface area (TPSA) is 63.3 Å². The quantitative estimate of drug-likeness (QED) is 0.782. The molecule has 0 amide bonds. The number of carbonyl (C=O) groups is 1. The van der Waals surface area contributed by atoms with E-state index in [4.69, 9.17) is 10.8 Å². The monoisotopic (exact) mass is 315 g/mol. The molecule has 0 aliphatic heterocycles. The zero-order valence-corrected chi connectivity index (χ0v) is 13.9. The summed E-state index contributed by atoms with van der Waals surface area (Å²) in [5, 5.41) is 8.75. The Balaban J connectivity index is 0.000000229. The Kier molecular flexibility index (Phi) is 7.34. The molecular formula is C20H29NO2. The number of nitrogens with two attached hydrogens (primary N) is 1. The van der Waals surface area contributed by atoms with Gasteiger partial charge in [0.05, 0.1) is 0 Å². The second-order valence-electron chi connectivity index (χ2n) is 6.74. The summed E-state index contributed by atoms with van der Waals surface area (Å²) >= 11 is 0. The van der Waals surface area contributed by atoms with Crippen molar-refractivity contribution in [2.24, 2.45) is 5.73 Å². The maximum atomic E-state index is 10.6. The van der Waals surface area contributed by atoms with Crippen LogP contribution in [0.1, 0.15) is 69.3 Å². The first kappa shape index (κ1) is 17.7. The molecule has 1 aromatic rings. The van der Waals surface area contributed by atoms with Crippen molar-refractivity contribution in [3.05, 3.63) is 47.5 Å². The van der Waals surface area contributed by atoms with Crippen LogP contribution < -0.4 is 5.73 Å². The van der Waals surface area contributed by atoms with Crippen molar-refractivity contribution in [3.63, 3.8) is 0 Å². The minimum atomic E-state index is -0.816. The molecule has 2 saturated carbocycles. The van der Waals surface area contributed by atoms with Gasteiger partial charge in [0.25, 0.3) is 0 Å². The van der Waals surface area contributed by atoms with Gasteiger partial charge in [-0.3, -0.25) is 0 Å². The van der Waals surface area contributed by atoms with E-state index >= 15 is 0 Å². The molecule has 2 fully saturated rings. The summed E-state index contributed by atoms with van der Waals surface area (Å²) in [4.78, 5) is 10.6. The molecule has 1 atom stereocenters. The van der Waals surface area contributed by atoms with E-state index in [0.717, 1.165) is 24.8 Å². The third-order valence-electron chi connectivity index (χ3n) is 4.81. The van der Waals surface area contributed by atoms with Crippen LogP contribution in [0.5, 0.6) is 0 Å². The number of rotatable bonds is 2. The lowest BCUT2D eigenvalue weighted by atomic mass is 9.81. The summed E-state index contributed by atoms with van der Waals surface area (Å²) in [5.74, 6) is -0.315. The summed E-state index contributed by atoms with van der Waals surface area (Å²) in [6.45, 7) is 0. The molecule has 0 heterocycles. The Morgan fingerprint density at radius 2 is 1.74 bits per heavy atom. The molecule has 0 saturated heterocycles. The zero-order valence-electron chi connectivity index (χ0n) is 13.9. The van der Waals surface area contributed by atoms with Crippen molar-refractivity contribution in [2.45, 2.75) is 69.7 Å². The van der Waals surface area contributed by atoms with Gasteiger partial charge in [0.15, 0.2) is 0 Å². The smallest absolute Gasteiger partial charge is 0.328 e. The Bertz CT molecular complexity index is 504. The standard InChI is InChI=1S/C14H16O2.C6H13N/c15-14(16)10-11-5-4-8-13(9-11)12-6-2-1-3-7-12;7-6-4-2-1-3-5-6/h1-3,6-7,10,13H,4-5,8-9H2,(H,15,16);6H,1-5,7H2/b11-10+;. The number of aliphatic carboxylic acids is 1. The Morgan fingerprint density at radius 1 is 1.04 bits per heavy atom. The molecule has 2 aliphatic rings. The van der Waals surface area contributed by atoms with Gasteiger partial charge < -0.3 is 10.8 Å². The normalized spacial score (nSPS) is 23.9. The van der Waals surface area contributed by atoms with E-state index in [1.807, 2.05) is 18.2 Å². The summed E-state index contributed by atoms with van der Waals surface area (Å²) < 4.78 is 0. The van der Waals surface area contributed by atoms with Gasteiger partial charge in [-0.15, -0.1) is 0 Å². The van der Waals surface area contributed by atoms with E-state index in [1.54, 1.807) is 0 Å². The van der Waals surface area contributed by atoms with Gasteiger partial charge in [-0.05, 0) is 50.0 Å². The minimum Gasteiger partial charge on any atom is -0.478 e. The second-order valence-corrected chi connectivity index (χ2v) is 6.74. The fourth-order valence-corrected chi connectivity index (χ4v) is 3.55. The van der Waals surface area contributed by atoms with Crippen molar-refractivity contribution >= 4 is 5.97 Å². The predicted octanol–water partition coefficient (Wildman–Crippen LogP) is 4.63. The number of hydrogen-bond donors (Lipinski definition) is 2. The van der Waals surface area contributed by atoms with Gasteiger partial charge in [0.1, 0.15) is 0 Å². The summed E-state index contributed by atoms with van der Waals surface area (Å²) in [5.41, 5.74) is 8.04. The van der Waals surface area contributed by atoms with Crippen LogP contribution in [0.2, 0.25) is 0 Å². The molecular weight excluding hydrogens is 286 g/mol. The maximum absolute atomic E-state index is 10.6. The van der Waals surface area contributed by atoms with E-state index in [9.17, 15) is 4.79 Å². The SMILES string of the molecule is NC1CCCCC1.O=C(O)/C=C1\CCCC(c2ccccc2)C1. The van der Waals surface area contributed by atoms with Crippen molar-refractivity contribution in [3.8, 4) is 0 Å². The van der Waals surface area contributed by atoms with Crippen molar-refractivity contribution < 1.29 is 9.90 Å². The highest BCUT2D eigenvalue weighted by Gasteiger charge is 2.18. The van der Waals surface area contributed by atoms with E-state index in [0.29, 0.717) is 12.0 Å². The Labute approximate surface area is 139 Å². The van der Waals surface area contributed by atoms with Crippen LogP contribution in [0.4, 0.5) is 0 Å². The fourth-order valence-electron chi connectivity index (χ4n) is 3.55. The predicted molar refractivity (Wildman–Crippen MR) is 94.4 cm³/mol. The highest BCUT2D eigenvalue weighted by atomic mass is 16.4. The lowest BCUT2D eigenvalue weighted by molar-refractivity contribution is -0.131. The van der Waals surface area contributed by atoms with Gasteiger partial charge in [-0.1, -0.05) is 55.2 Å². The first-order valence-electron chi connectivity index (χ1n) is 8.88. The van der Waals surface area contributed by atoms with Crippen LogP contribution in [-0.4, -0.2) is 17.1 Å². The molecule has 3 N–H and O–H groups in total. The molecule has 1 unspecified atom stereocenters. The van der Waals surface area contributed by atoms with Crippen LogP contribution in [-0.2, 0) is 4.79 Å². The lowest BCUT2D eigenvalue weighted by Crippen LogP contribution is -2.22. The molecule has 1 aromatic carbocycles. The molecule has 0 spiro atoms. The first-order valence-corrected chi connectivity index (χ1v) is 8.88. The molecule has 0 radical (unpaired) electrons. The second kappa shape index (κ2) is 9.51. The van der Waals surface area contributed by atoms with E-state index in [1.165, 1.54) is 50.2 Å². The molecule has 126 valence electrons. The van der Waals surface area contributed by atoms with Gasteiger partial charge in [-0.25, -0.2) is 4.79 Å². The number of carboxylic acids is 1. The Hall–Kier alpha value is -1.61. The van der Waals surface area contributed by atoms with Crippen molar-refractivity contribution in [1.82, 2.24) is 0 Å². The largest absolute Gasteiger partial charge is 0.478 e. The van der Waals surface area contributed by atoms with Crippen LogP contribution in [0.15, 0.2) is 42.0 Å². The Morgan fingerprint density at radius 3 is 2.30 bits per heavy atom. The van der Waals surface area contributed by atoms with E-state index < -0.39 is 5.97 Å². The van der Waals surface area contributed by atoms with Crippen LogP contribution in [0, 0.1) is 0 Å². The average molecular weight is 315 g/mol. The van der Waals surface area contributed by atoms with Gasteiger partial charge in [0.2, 0.25) is 0 Å². The van der Waals surface area contributed by atoms with Gasteiger partial charge in [0, 0.05) is 12.1 Å². The summed E-state index contributed by atoms with van der Waals surface area (Å²) in [6.07, 6.45) is 12.1. The highest BCUT2D eigenvalue weighted by Crippen LogP contribution is 2.35. The third kappa shape index (κ3) is 6.57. The molecule has 2 aliphatic carbocycles. The molecule has 3 nitrogen and oxygen atoms in total. The number of benzene rings is 1.